The van der Waals surface area contributed by atoms with Gasteiger partial charge in [-0.2, -0.15) is 48.3 Å². The molecule has 24 heavy (non-hydrogen) atoms. The maximum Gasteiger partial charge on any atom is 1.00 e. The summed E-state index contributed by atoms with van der Waals surface area (Å²) >= 11 is 0. The number of hydrogen-bond acceptors (Lipinski definition) is 4. The quantitative estimate of drug-likeness (QED) is 0.358. The molecule has 0 rings (SSSR count). The van der Waals surface area contributed by atoms with Gasteiger partial charge in [0, 0.05) is 0 Å². The van der Waals surface area contributed by atoms with Gasteiger partial charge in [-0.3, -0.25) is 9.30 Å². The molecule has 0 bridgehead atoms. The second-order valence-electron chi connectivity index (χ2n) is 3.66. The molecule has 0 amide bonds. The molecule has 0 aliphatic rings. The van der Waals surface area contributed by atoms with Crippen LogP contribution in [-0.4, -0.2) is 41.7 Å². The van der Waals surface area contributed by atoms with E-state index in [1.807, 2.05) is 4.74 Å². The first-order chi connectivity index (χ1) is 9.66. The second-order valence-corrected chi connectivity index (χ2v) is 4.85. The van der Waals surface area contributed by atoms with Gasteiger partial charge in [-0.1, -0.05) is 0 Å². The van der Waals surface area contributed by atoms with Gasteiger partial charge in [-0.05, 0) is 0 Å². The molecule has 0 saturated carbocycles. The van der Waals surface area contributed by atoms with Crippen molar-refractivity contribution >= 4 is 7.82 Å². The van der Waals surface area contributed by atoms with Gasteiger partial charge in [0.2, 0.25) is 0 Å². The van der Waals surface area contributed by atoms with Crippen LogP contribution < -0.4 is 34.5 Å². The normalized spacial score (nSPS) is 19.2. The smallest absolute Gasteiger partial charge is 0.756 e. The van der Waals surface area contributed by atoms with Crippen molar-refractivity contribution in [2.24, 2.45) is 0 Å². The Labute approximate surface area is 146 Å². The first-order valence-corrected chi connectivity index (χ1v) is 6.12. The predicted molar refractivity (Wildman–Crippen MR) is 42.7 cm³/mol. The van der Waals surface area contributed by atoms with Crippen LogP contribution in [0.15, 0.2) is 0 Å². The SMILES string of the molecule is O=P([O-])(O)OCC(F)(OC(F)(F)C(F)(F)C(F)(F)F)C(F)(F)F.[Na+]. The van der Waals surface area contributed by atoms with Crippen LogP contribution in [0.25, 0.3) is 0 Å². The van der Waals surface area contributed by atoms with E-state index in [2.05, 4.69) is 4.52 Å². The summed E-state index contributed by atoms with van der Waals surface area (Å²) in [6.45, 7) is -3.21. The van der Waals surface area contributed by atoms with E-state index in [1.54, 1.807) is 0 Å². The Balaban J connectivity index is 0. The monoisotopic (exact) mass is 418 g/mol. The number of alkyl halides is 11. The van der Waals surface area contributed by atoms with E-state index in [1.165, 1.54) is 0 Å². The maximum absolute atomic E-state index is 13.2. The van der Waals surface area contributed by atoms with Crippen LogP contribution in [0.5, 0.6) is 0 Å². The number of phosphoric ester groups is 1. The van der Waals surface area contributed by atoms with Crippen molar-refractivity contribution in [3.8, 4) is 0 Å². The minimum atomic E-state index is -7.27. The number of hydrogen-bond donors (Lipinski definition) is 1. The predicted octanol–water partition coefficient (Wildman–Crippen LogP) is -0.497. The van der Waals surface area contributed by atoms with Crippen molar-refractivity contribution in [2.45, 2.75) is 30.2 Å². The Hall–Kier alpha value is 0.300. The fourth-order valence-corrected chi connectivity index (χ4v) is 1.10. The van der Waals surface area contributed by atoms with E-state index >= 15 is 0 Å². The number of halogens is 11. The molecule has 2 unspecified atom stereocenters. The summed E-state index contributed by atoms with van der Waals surface area (Å²) in [5.41, 5.74) is 0. The molecular weight excluding hydrogens is 415 g/mol. The summed E-state index contributed by atoms with van der Waals surface area (Å²) in [5.74, 6) is -13.4. The van der Waals surface area contributed by atoms with Crippen molar-refractivity contribution in [3.05, 3.63) is 0 Å². The number of rotatable bonds is 6. The third-order valence-electron chi connectivity index (χ3n) is 1.85. The summed E-state index contributed by atoms with van der Waals surface area (Å²) in [7, 11) is -6.19. The molecule has 0 heterocycles. The van der Waals surface area contributed by atoms with Gasteiger partial charge < -0.3 is 14.3 Å². The fourth-order valence-electron chi connectivity index (χ4n) is 0.766. The van der Waals surface area contributed by atoms with Crippen LogP contribution in [0, 0.1) is 0 Å². The van der Waals surface area contributed by atoms with E-state index in [0.29, 0.717) is 0 Å². The Morgan fingerprint density at radius 2 is 1.25 bits per heavy atom. The average Bonchev–Trinajstić information content (AvgIpc) is 2.21. The van der Waals surface area contributed by atoms with E-state index < -0.39 is 44.7 Å². The summed E-state index contributed by atoms with van der Waals surface area (Å²) in [6.07, 6.45) is -21.0. The van der Waals surface area contributed by atoms with Crippen molar-refractivity contribution < 1.29 is 101 Å². The van der Waals surface area contributed by atoms with E-state index in [4.69, 9.17) is 4.89 Å². The van der Waals surface area contributed by atoms with Crippen LogP contribution in [0.1, 0.15) is 0 Å². The Morgan fingerprint density at radius 3 is 1.50 bits per heavy atom. The number of ether oxygens (including phenoxy) is 1. The molecule has 0 aromatic heterocycles. The Kier molecular flexibility index (Phi) is 8.29. The molecular formula is C6H3F11NaO5P. The summed E-state index contributed by atoms with van der Waals surface area (Å²) in [6, 6.07) is 0. The summed E-state index contributed by atoms with van der Waals surface area (Å²) in [5, 5.41) is 0. The maximum atomic E-state index is 13.2. The topological polar surface area (TPSA) is 78.8 Å². The molecule has 0 spiro atoms. The molecule has 5 nitrogen and oxygen atoms in total. The van der Waals surface area contributed by atoms with Gasteiger partial charge in [0.1, 0.15) is 6.61 Å². The number of phosphoric acid groups is 1. The third kappa shape index (κ3) is 6.23. The first-order valence-electron chi connectivity index (χ1n) is 4.63. The van der Waals surface area contributed by atoms with Crippen molar-refractivity contribution in [1.82, 2.24) is 0 Å². The fraction of sp³-hybridized carbons (Fsp3) is 1.00. The zero-order valence-electron chi connectivity index (χ0n) is 10.9. The zero-order valence-corrected chi connectivity index (χ0v) is 13.8. The van der Waals surface area contributed by atoms with E-state index in [-0.39, 0.29) is 29.6 Å². The third-order valence-corrected chi connectivity index (χ3v) is 2.30. The molecule has 2 atom stereocenters. The van der Waals surface area contributed by atoms with Gasteiger partial charge in [-0.15, -0.1) is 0 Å². The Morgan fingerprint density at radius 1 is 0.875 bits per heavy atom. The molecule has 0 aromatic rings. The van der Waals surface area contributed by atoms with Crippen LogP contribution in [0.2, 0.25) is 0 Å². The van der Waals surface area contributed by atoms with Crippen LogP contribution in [0.3, 0.4) is 0 Å². The van der Waals surface area contributed by atoms with Gasteiger partial charge in [0.15, 0.2) is 0 Å². The first kappa shape index (κ1) is 26.5. The molecule has 0 fully saturated rings. The molecule has 0 saturated heterocycles. The van der Waals surface area contributed by atoms with Crippen molar-refractivity contribution in [3.63, 3.8) is 0 Å². The Bertz CT molecular complexity index is 473. The van der Waals surface area contributed by atoms with Crippen molar-refractivity contribution in [2.75, 3.05) is 6.61 Å². The van der Waals surface area contributed by atoms with E-state index in [0.717, 1.165) is 0 Å². The minimum Gasteiger partial charge on any atom is -0.756 e. The van der Waals surface area contributed by atoms with Crippen molar-refractivity contribution in [1.29, 1.82) is 0 Å². The summed E-state index contributed by atoms with van der Waals surface area (Å²) < 4.78 is 149. The van der Waals surface area contributed by atoms with Gasteiger partial charge in [0.25, 0.3) is 7.82 Å². The second kappa shape index (κ2) is 7.50. The molecule has 0 aliphatic heterocycles. The van der Waals surface area contributed by atoms with Gasteiger partial charge >= 0.3 is 59.8 Å². The molecule has 1 N–H and O–H groups in total. The minimum absolute atomic E-state index is 0. The van der Waals surface area contributed by atoms with Crippen LogP contribution >= 0.6 is 7.82 Å². The average molecular weight is 418 g/mol. The van der Waals surface area contributed by atoms with Gasteiger partial charge in [-0.25, -0.2) is 0 Å². The van der Waals surface area contributed by atoms with Crippen LogP contribution in [0.4, 0.5) is 48.3 Å². The van der Waals surface area contributed by atoms with Gasteiger partial charge in [0.05, 0.1) is 0 Å². The molecule has 0 radical (unpaired) electrons. The summed E-state index contributed by atoms with van der Waals surface area (Å²) in [4.78, 5) is 17.9. The van der Waals surface area contributed by atoms with Crippen LogP contribution in [-0.2, 0) is 13.8 Å². The standard InChI is InChI=1S/C6H4F11O5P.Na/c7-2(4(10,11)12,1-21-23(18,19)20)22-6(16,17)3(8,9)5(13,14)15;/h1H2,(H2,18,19,20);/q;+1/p-1. The largest absolute Gasteiger partial charge is 1.00 e. The van der Waals surface area contributed by atoms with E-state index in [9.17, 15) is 57.8 Å². The molecule has 0 aromatic carbocycles. The molecule has 18 heteroatoms. The molecule has 0 aliphatic carbocycles. The molecule has 140 valence electrons. The zero-order chi connectivity index (χ0) is 19.1.